The molecule has 0 saturated carbocycles. The zero-order valence-electron chi connectivity index (χ0n) is 12.1. The average Bonchev–Trinajstić information content (AvgIpc) is 2.10. The van der Waals surface area contributed by atoms with Crippen molar-refractivity contribution in [2.75, 3.05) is 5.75 Å². The monoisotopic (exact) mass is 306 g/mol. The average molecular weight is 306 g/mol. The fourth-order valence-electron chi connectivity index (χ4n) is 1.16. The molecular formula is C12H22N2O5S. The Morgan fingerprint density at radius 1 is 1.35 bits per heavy atom. The van der Waals surface area contributed by atoms with Gasteiger partial charge in [-0.1, -0.05) is 12.2 Å². The molecule has 0 heterocycles. The van der Waals surface area contributed by atoms with Crippen LogP contribution in [0.5, 0.6) is 0 Å². The molecule has 0 aliphatic rings. The van der Waals surface area contributed by atoms with Gasteiger partial charge in [0.05, 0.1) is 11.3 Å². The van der Waals surface area contributed by atoms with E-state index in [2.05, 4.69) is 11.9 Å². The second-order valence-corrected chi connectivity index (χ2v) is 6.38. The summed E-state index contributed by atoms with van der Waals surface area (Å²) >= 11 is 0. The van der Waals surface area contributed by atoms with Gasteiger partial charge >= 0.3 is 0 Å². The Morgan fingerprint density at radius 3 is 2.00 bits per heavy atom. The summed E-state index contributed by atoms with van der Waals surface area (Å²) in [7, 11) is -4.08. The molecule has 0 aromatic rings. The van der Waals surface area contributed by atoms with Gasteiger partial charge in [0.2, 0.25) is 11.8 Å². The predicted octanol–water partition coefficient (Wildman–Crippen LogP) is 0.393. The van der Waals surface area contributed by atoms with Crippen LogP contribution < -0.4 is 11.1 Å². The van der Waals surface area contributed by atoms with Crippen molar-refractivity contribution in [1.82, 2.24) is 5.32 Å². The van der Waals surface area contributed by atoms with Gasteiger partial charge in [0.25, 0.3) is 10.1 Å². The number of nitrogens with one attached hydrogen (secondary N) is 1. The van der Waals surface area contributed by atoms with Crippen molar-refractivity contribution in [2.45, 2.75) is 33.2 Å². The van der Waals surface area contributed by atoms with Crippen LogP contribution in [0, 0.1) is 0 Å². The van der Waals surface area contributed by atoms with Gasteiger partial charge in [-0.25, -0.2) is 0 Å². The molecule has 0 atom stereocenters. The van der Waals surface area contributed by atoms with Gasteiger partial charge in [-0.2, -0.15) is 8.42 Å². The lowest BCUT2D eigenvalue weighted by Crippen LogP contribution is -2.47. The van der Waals surface area contributed by atoms with E-state index >= 15 is 0 Å². The Bertz CT molecular complexity index is 488. The van der Waals surface area contributed by atoms with Crippen molar-refractivity contribution in [3.8, 4) is 0 Å². The molecule has 4 N–H and O–H groups in total. The Labute approximate surface area is 119 Å². The summed E-state index contributed by atoms with van der Waals surface area (Å²) in [6.45, 7) is 9.84. The van der Waals surface area contributed by atoms with Gasteiger partial charge in [-0.15, -0.1) is 0 Å². The van der Waals surface area contributed by atoms with Crippen molar-refractivity contribution in [2.24, 2.45) is 5.73 Å². The van der Waals surface area contributed by atoms with Crippen molar-refractivity contribution in [3.05, 3.63) is 24.3 Å². The first-order chi connectivity index (χ1) is 8.79. The summed E-state index contributed by atoms with van der Waals surface area (Å²) in [5.41, 5.74) is 4.71. The van der Waals surface area contributed by atoms with Gasteiger partial charge in [-0.05, 0) is 33.8 Å². The SMILES string of the molecule is C=CC(=O)NC(C)(C)CS(=O)(=O)O.CC(C)=CC(N)=O. The molecule has 0 spiro atoms. The van der Waals surface area contributed by atoms with Crippen LogP contribution in [0.1, 0.15) is 27.7 Å². The molecule has 0 aromatic carbocycles. The number of rotatable bonds is 5. The third-order valence-electron chi connectivity index (χ3n) is 1.62. The second-order valence-electron chi connectivity index (χ2n) is 4.93. The smallest absolute Gasteiger partial charge is 0.267 e. The Morgan fingerprint density at radius 2 is 1.80 bits per heavy atom. The Balaban J connectivity index is 0. The minimum atomic E-state index is -4.08. The molecule has 0 aliphatic heterocycles. The molecule has 0 bridgehead atoms. The predicted molar refractivity (Wildman–Crippen MR) is 77.5 cm³/mol. The maximum Gasteiger partial charge on any atom is 0.267 e. The number of hydrogen-bond acceptors (Lipinski definition) is 4. The van der Waals surface area contributed by atoms with Crippen molar-refractivity contribution in [1.29, 1.82) is 0 Å². The lowest BCUT2D eigenvalue weighted by molar-refractivity contribution is -0.117. The molecule has 0 radical (unpaired) electrons. The first-order valence-corrected chi connectivity index (χ1v) is 7.24. The highest BCUT2D eigenvalue weighted by atomic mass is 32.2. The molecule has 0 saturated heterocycles. The first kappa shape index (κ1) is 20.6. The number of carbonyl (C=O) groups is 2. The van der Waals surface area contributed by atoms with Crippen LogP contribution in [0.25, 0.3) is 0 Å². The number of allylic oxidation sites excluding steroid dienone is 1. The largest absolute Gasteiger partial charge is 0.366 e. The van der Waals surface area contributed by atoms with Crippen LogP contribution in [0.2, 0.25) is 0 Å². The van der Waals surface area contributed by atoms with E-state index in [1.54, 1.807) is 0 Å². The fraction of sp³-hybridized carbons (Fsp3) is 0.500. The molecule has 0 unspecified atom stereocenters. The number of nitrogens with two attached hydrogens (primary N) is 1. The Hall–Kier alpha value is -1.67. The summed E-state index contributed by atoms with van der Waals surface area (Å²) in [6.07, 6.45) is 2.42. The molecular weight excluding hydrogens is 284 g/mol. The number of primary amides is 1. The summed E-state index contributed by atoms with van der Waals surface area (Å²) in [6, 6.07) is 0. The minimum absolute atomic E-state index is 0.375. The maximum absolute atomic E-state index is 10.8. The van der Waals surface area contributed by atoms with E-state index in [1.165, 1.54) is 19.9 Å². The van der Waals surface area contributed by atoms with Crippen LogP contribution in [0.15, 0.2) is 24.3 Å². The molecule has 2 amide bonds. The number of carbonyl (C=O) groups excluding carboxylic acids is 2. The van der Waals surface area contributed by atoms with Crippen LogP contribution in [-0.4, -0.2) is 36.1 Å². The van der Waals surface area contributed by atoms with Crippen molar-refractivity contribution < 1.29 is 22.6 Å². The van der Waals surface area contributed by atoms with Crippen LogP contribution in [0.4, 0.5) is 0 Å². The Kier molecular flexibility index (Phi) is 8.76. The molecule has 7 nitrogen and oxygen atoms in total. The molecule has 20 heavy (non-hydrogen) atoms. The highest BCUT2D eigenvalue weighted by Gasteiger charge is 2.25. The van der Waals surface area contributed by atoms with E-state index in [9.17, 15) is 18.0 Å². The zero-order chi connectivity index (χ0) is 16.6. The minimum Gasteiger partial charge on any atom is -0.366 e. The number of hydrogen-bond donors (Lipinski definition) is 3. The normalized spacial score (nSPS) is 10.7. The lowest BCUT2D eigenvalue weighted by atomic mass is 10.1. The third kappa shape index (κ3) is 16.3. The van der Waals surface area contributed by atoms with E-state index in [1.807, 2.05) is 13.8 Å². The zero-order valence-corrected chi connectivity index (χ0v) is 13.0. The second kappa shape index (κ2) is 8.49. The van der Waals surface area contributed by atoms with Gasteiger partial charge < -0.3 is 11.1 Å². The first-order valence-electron chi connectivity index (χ1n) is 5.63. The van der Waals surface area contributed by atoms with E-state index in [4.69, 9.17) is 10.3 Å². The topological polar surface area (TPSA) is 127 Å². The summed E-state index contributed by atoms with van der Waals surface area (Å²) in [4.78, 5) is 20.8. The van der Waals surface area contributed by atoms with Crippen molar-refractivity contribution >= 4 is 21.9 Å². The van der Waals surface area contributed by atoms with Crippen LogP contribution in [-0.2, 0) is 19.7 Å². The van der Waals surface area contributed by atoms with Gasteiger partial charge in [0.15, 0.2) is 0 Å². The highest BCUT2D eigenvalue weighted by Crippen LogP contribution is 2.05. The van der Waals surface area contributed by atoms with Gasteiger partial charge in [0, 0.05) is 6.08 Å². The molecule has 116 valence electrons. The van der Waals surface area contributed by atoms with E-state index in [0.717, 1.165) is 11.6 Å². The van der Waals surface area contributed by atoms with Crippen LogP contribution >= 0.6 is 0 Å². The maximum atomic E-state index is 10.8. The summed E-state index contributed by atoms with van der Waals surface area (Å²) < 4.78 is 29.5. The van der Waals surface area contributed by atoms with E-state index in [0.29, 0.717) is 0 Å². The number of amides is 2. The standard InChI is InChI=1S/C7H13NO4S.C5H9NO/c1-4-6(9)8-7(2,3)5-13(10,11)12;1-4(2)3-5(6)7/h4H,1,5H2,2-3H3,(H,8,9)(H,10,11,12);3H,1-2H3,(H2,6,7). The molecule has 0 fully saturated rings. The molecule has 8 heteroatoms. The van der Waals surface area contributed by atoms with E-state index < -0.39 is 27.3 Å². The highest BCUT2D eigenvalue weighted by molar-refractivity contribution is 7.85. The molecule has 0 rings (SSSR count). The van der Waals surface area contributed by atoms with Gasteiger partial charge in [0.1, 0.15) is 0 Å². The van der Waals surface area contributed by atoms with Gasteiger partial charge in [-0.3, -0.25) is 14.1 Å². The van der Waals surface area contributed by atoms with E-state index in [-0.39, 0.29) is 5.91 Å². The van der Waals surface area contributed by atoms with Crippen LogP contribution in [0.3, 0.4) is 0 Å². The fourth-order valence-corrected chi connectivity index (χ4v) is 2.15. The lowest BCUT2D eigenvalue weighted by Gasteiger charge is -2.23. The quantitative estimate of drug-likeness (QED) is 0.500. The van der Waals surface area contributed by atoms with Crippen molar-refractivity contribution in [3.63, 3.8) is 0 Å². The molecule has 0 aromatic heterocycles. The summed E-state index contributed by atoms with van der Waals surface area (Å²) in [5, 5.41) is 2.37. The summed E-state index contributed by atoms with van der Waals surface area (Å²) in [5.74, 6) is -1.38. The third-order valence-corrected chi connectivity index (χ3v) is 2.71. The molecule has 0 aliphatic carbocycles.